The molecule has 2 aromatic carbocycles. The van der Waals surface area contributed by atoms with Gasteiger partial charge in [-0.05, 0) is 17.7 Å². The fourth-order valence-corrected chi connectivity index (χ4v) is 1.85. The quantitative estimate of drug-likeness (QED) is 0.652. The third-order valence-electron chi connectivity index (χ3n) is 2.86. The average molecular weight is 286 g/mol. The summed E-state index contributed by atoms with van der Waals surface area (Å²) in [5.74, 6) is -2.11. The smallest absolute Gasteiger partial charge is 0.377 e. The SMILES string of the molecule is COc1cccc(C(=O)C(=O)O)c1OCc1ccccc1. The third kappa shape index (κ3) is 3.39. The van der Waals surface area contributed by atoms with Gasteiger partial charge in [0.2, 0.25) is 0 Å². The molecule has 5 heteroatoms. The molecule has 0 heterocycles. The van der Waals surface area contributed by atoms with Crippen molar-refractivity contribution in [2.24, 2.45) is 0 Å². The maximum atomic E-state index is 11.7. The van der Waals surface area contributed by atoms with E-state index in [1.54, 1.807) is 12.1 Å². The van der Waals surface area contributed by atoms with Gasteiger partial charge in [-0.25, -0.2) is 4.79 Å². The highest BCUT2D eigenvalue weighted by molar-refractivity contribution is 6.40. The number of carboxylic acid groups (broad SMARTS) is 1. The van der Waals surface area contributed by atoms with E-state index in [0.717, 1.165) is 5.56 Å². The number of ketones is 1. The Morgan fingerprint density at radius 2 is 1.76 bits per heavy atom. The maximum absolute atomic E-state index is 11.7. The maximum Gasteiger partial charge on any atom is 0.377 e. The summed E-state index contributed by atoms with van der Waals surface area (Å²) < 4.78 is 10.7. The topological polar surface area (TPSA) is 72.8 Å². The summed E-state index contributed by atoms with van der Waals surface area (Å²) in [4.78, 5) is 22.6. The highest BCUT2D eigenvalue weighted by Gasteiger charge is 2.22. The number of hydrogen-bond acceptors (Lipinski definition) is 4. The van der Waals surface area contributed by atoms with E-state index in [1.165, 1.54) is 13.2 Å². The number of rotatable bonds is 6. The van der Waals surface area contributed by atoms with Crippen LogP contribution in [0, 0.1) is 0 Å². The zero-order valence-corrected chi connectivity index (χ0v) is 11.4. The van der Waals surface area contributed by atoms with Gasteiger partial charge in [-0.15, -0.1) is 0 Å². The molecule has 21 heavy (non-hydrogen) atoms. The van der Waals surface area contributed by atoms with Gasteiger partial charge in [0.15, 0.2) is 11.5 Å². The summed E-state index contributed by atoms with van der Waals surface area (Å²) in [6.45, 7) is 0.209. The number of methoxy groups -OCH3 is 1. The van der Waals surface area contributed by atoms with Crippen LogP contribution < -0.4 is 9.47 Å². The van der Waals surface area contributed by atoms with Gasteiger partial charge in [0, 0.05) is 0 Å². The second kappa shape index (κ2) is 6.56. The number of ether oxygens (including phenoxy) is 2. The van der Waals surface area contributed by atoms with Gasteiger partial charge in [0.1, 0.15) is 6.61 Å². The molecule has 0 radical (unpaired) electrons. The van der Waals surface area contributed by atoms with Gasteiger partial charge in [-0.3, -0.25) is 4.79 Å². The van der Waals surface area contributed by atoms with E-state index >= 15 is 0 Å². The Bertz CT molecular complexity index is 649. The van der Waals surface area contributed by atoms with E-state index in [1.807, 2.05) is 30.3 Å². The van der Waals surface area contributed by atoms with Crippen LogP contribution >= 0.6 is 0 Å². The van der Waals surface area contributed by atoms with Crippen molar-refractivity contribution in [1.82, 2.24) is 0 Å². The Hall–Kier alpha value is -2.82. The van der Waals surface area contributed by atoms with Crippen LogP contribution in [0.1, 0.15) is 15.9 Å². The lowest BCUT2D eigenvalue weighted by molar-refractivity contribution is -0.131. The van der Waals surface area contributed by atoms with Crippen LogP contribution in [0.4, 0.5) is 0 Å². The van der Waals surface area contributed by atoms with E-state index in [4.69, 9.17) is 14.6 Å². The standard InChI is InChI=1S/C16H14O5/c1-20-13-9-5-8-12(14(17)16(18)19)15(13)21-10-11-6-3-2-4-7-11/h2-9H,10H2,1H3,(H,18,19). The molecule has 0 aliphatic carbocycles. The van der Waals surface area contributed by atoms with Gasteiger partial charge in [0.05, 0.1) is 12.7 Å². The molecule has 5 nitrogen and oxygen atoms in total. The van der Waals surface area contributed by atoms with Crippen molar-refractivity contribution in [3.05, 3.63) is 59.7 Å². The molecule has 2 aromatic rings. The first-order valence-electron chi connectivity index (χ1n) is 6.25. The average Bonchev–Trinajstić information content (AvgIpc) is 2.52. The lowest BCUT2D eigenvalue weighted by atomic mass is 10.1. The molecule has 0 aliphatic heterocycles. The van der Waals surface area contributed by atoms with E-state index < -0.39 is 11.8 Å². The Kier molecular flexibility index (Phi) is 4.56. The minimum Gasteiger partial charge on any atom is -0.493 e. The molecule has 0 amide bonds. The summed E-state index contributed by atoms with van der Waals surface area (Å²) in [5.41, 5.74) is 0.870. The van der Waals surface area contributed by atoms with Crippen LogP contribution in [0.5, 0.6) is 11.5 Å². The van der Waals surface area contributed by atoms with Crippen LogP contribution in [0.15, 0.2) is 48.5 Å². The predicted octanol–water partition coefficient (Wildman–Crippen LogP) is 2.54. The Balaban J connectivity index is 2.31. The molecule has 0 spiro atoms. The molecule has 0 atom stereocenters. The van der Waals surface area contributed by atoms with Crippen LogP contribution in [-0.4, -0.2) is 24.0 Å². The number of hydrogen-bond donors (Lipinski definition) is 1. The van der Waals surface area contributed by atoms with Gasteiger partial charge in [-0.1, -0.05) is 36.4 Å². The molecular formula is C16H14O5. The Morgan fingerprint density at radius 1 is 1.05 bits per heavy atom. The van der Waals surface area contributed by atoms with Crippen LogP contribution in [0.25, 0.3) is 0 Å². The predicted molar refractivity (Wildman–Crippen MR) is 75.7 cm³/mol. The highest BCUT2D eigenvalue weighted by Crippen LogP contribution is 2.32. The monoisotopic (exact) mass is 286 g/mol. The van der Waals surface area contributed by atoms with Crippen LogP contribution in [-0.2, 0) is 11.4 Å². The molecule has 2 rings (SSSR count). The van der Waals surface area contributed by atoms with Crippen molar-refractivity contribution in [2.75, 3.05) is 7.11 Å². The van der Waals surface area contributed by atoms with E-state index in [-0.39, 0.29) is 17.9 Å². The summed E-state index contributed by atoms with van der Waals surface area (Å²) in [6, 6.07) is 13.9. The number of carbonyl (C=O) groups excluding carboxylic acids is 1. The lowest BCUT2D eigenvalue weighted by Crippen LogP contribution is -2.14. The second-order valence-electron chi connectivity index (χ2n) is 4.25. The van der Waals surface area contributed by atoms with Crippen molar-refractivity contribution in [3.8, 4) is 11.5 Å². The fraction of sp³-hybridized carbons (Fsp3) is 0.125. The van der Waals surface area contributed by atoms with Gasteiger partial charge in [0.25, 0.3) is 5.78 Å². The Morgan fingerprint density at radius 3 is 2.38 bits per heavy atom. The summed E-state index contributed by atoms with van der Waals surface area (Å²) in [5, 5.41) is 8.86. The van der Waals surface area contributed by atoms with Crippen molar-refractivity contribution >= 4 is 11.8 Å². The minimum atomic E-state index is -1.53. The molecule has 0 aromatic heterocycles. The van der Waals surface area contributed by atoms with Gasteiger partial charge in [-0.2, -0.15) is 0 Å². The molecule has 0 aliphatic rings. The lowest BCUT2D eigenvalue weighted by Gasteiger charge is -2.13. The molecule has 0 saturated heterocycles. The summed E-state index contributed by atoms with van der Waals surface area (Å²) in [7, 11) is 1.43. The normalized spacial score (nSPS) is 9.95. The van der Waals surface area contributed by atoms with Crippen molar-refractivity contribution < 1.29 is 24.2 Å². The zero-order valence-electron chi connectivity index (χ0n) is 11.4. The van der Waals surface area contributed by atoms with Crippen molar-refractivity contribution in [2.45, 2.75) is 6.61 Å². The minimum absolute atomic E-state index is 0.0298. The number of carbonyl (C=O) groups is 2. The number of para-hydroxylation sites is 1. The Labute approximate surface area is 121 Å². The fourth-order valence-electron chi connectivity index (χ4n) is 1.85. The van der Waals surface area contributed by atoms with Gasteiger partial charge >= 0.3 is 5.97 Å². The molecule has 1 N–H and O–H groups in total. The number of Topliss-reactive ketones (excluding diaryl/α,β-unsaturated/α-hetero) is 1. The molecule has 0 unspecified atom stereocenters. The highest BCUT2D eigenvalue weighted by atomic mass is 16.5. The zero-order chi connectivity index (χ0) is 15.2. The molecule has 0 fully saturated rings. The largest absolute Gasteiger partial charge is 0.493 e. The van der Waals surface area contributed by atoms with Gasteiger partial charge < -0.3 is 14.6 Å². The van der Waals surface area contributed by atoms with E-state index in [2.05, 4.69) is 0 Å². The molecular weight excluding hydrogens is 272 g/mol. The molecule has 108 valence electrons. The summed E-state index contributed by atoms with van der Waals surface area (Å²) >= 11 is 0. The molecule has 0 saturated carbocycles. The third-order valence-corrected chi connectivity index (χ3v) is 2.86. The van der Waals surface area contributed by atoms with E-state index in [9.17, 15) is 9.59 Å². The van der Waals surface area contributed by atoms with Crippen molar-refractivity contribution in [1.29, 1.82) is 0 Å². The first-order valence-corrected chi connectivity index (χ1v) is 6.25. The van der Waals surface area contributed by atoms with Crippen molar-refractivity contribution in [3.63, 3.8) is 0 Å². The van der Waals surface area contributed by atoms with Crippen LogP contribution in [0.3, 0.4) is 0 Å². The number of carboxylic acids is 1. The van der Waals surface area contributed by atoms with E-state index in [0.29, 0.717) is 5.75 Å². The van der Waals surface area contributed by atoms with Crippen LogP contribution in [0.2, 0.25) is 0 Å². The number of aliphatic carboxylic acids is 1. The first kappa shape index (κ1) is 14.6. The number of benzene rings is 2. The summed E-state index contributed by atoms with van der Waals surface area (Å²) in [6.07, 6.45) is 0. The molecule has 0 bridgehead atoms. The second-order valence-corrected chi connectivity index (χ2v) is 4.25. The first-order chi connectivity index (χ1) is 10.1.